The van der Waals surface area contributed by atoms with E-state index in [0.717, 1.165) is 6.92 Å². The molecule has 8 amide bonds. The van der Waals surface area contributed by atoms with Crippen molar-refractivity contribution in [3.8, 4) is 0 Å². The number of nitrogens with two attached hydrogens (primary N) is 1. The molecule has 1 aromatic rings. The fraction of sp³-hybridized carbons (Fsp3) is 0.591. The van der Waals surface area contributed by atoms with Gasteiger partial charge in [0.05, 0.1) is 18.8 Å². The number of carbonyl (C=O) groups is 12. The SMILES string of the molecule is CC(C)C[C@H](NC(=O)[C@H](CO)NC(=O)[C@H](CCC(=O)O)NC(=O)[C@H](CCC(=O)O)NC(=O)[C@@H](NC(=O)[C@H](Cc1ccccc1)NC(=O)[C@H](CCC(=O)O)NC(=O)[C@@H](N)C(C)C)[C@@H](C)O)C(=O)NCC(=O)O. The third-order valence-electron chi connectivity index (χ3n) is 10.4. The molecule has 0 heterocycles. The van der Waals surface area contributed by atoms with E-state index in [4.69, 9.17) is 10.8 Å². The van der Waals surface area contributed by atoms with Crippen LogP contribution < -0.4 is 48.3 Å². The van der Waals surface area contributed by atoms with E-state index in [2.05, 4.69) is 42.5 Å². The van der Waals surface area contributed by atoms with Crippen molar-refractivity contribution >= 4 is 71.1 Å². The molecular weight excluding hydrogens is 943 g/mol. The molecule has 27 heteroatoms. The molecule has 0 bridgehead atoms. The van der Waals surface area contributed by atoms with Crippen LogP contribution in [0, 0.1) is 11.8 Å². The first-order chi connectivity index (χ1) is 33.2. The molecule has 1 aromatic carbocycles. The number of carboxylic acids is 4. The van der Waals surface area contributed by atoms with Crippen LogP contribution in [0.3, 0.4) is 0 Å². The van der Waals surface area contributed by atoms with Crippen LogP contribution in [0.25, 0.3) is 0 Å². The number of amides is 8. The van der Waals surface area contributed by atoms with E-state index in [-0.39, 0.29) is 24.7 Å². The van der Waals surface area contributed by atoms with Crippen LogP contribution in [0.2, 0.25) is 0 Å². The van der Waals surface area contributed by atoms with E-state index in [1.807, 2.05) is 0 Å². The Morgan fingerprint density at radius 2 is 0.887 bits per heavy atom. The zero-order valence-electron chi connectivity index (χ0n) is 40.0. The van der Waals surface area contributed by atoms with Crippen LogP contribution in [0.5, 0.6) is 0 Å². The van der Waals surface area contributed by atoms with Gasteiger partial charge in [0.15, 0.2) is 0 Å². The highest BCUT2D eigenvalue weighted by molar-refractivity contribution is 5.98. The van der Waals surface area contributed by atoms with Gasteiger partial charge in [0.1, 0.15) is 48.8 Å². The average Bonchev–Trinajstić information content (AvgIpc) is 3.28. The molecule has 0 aromatic heterocycles. The van der Waals surface area contributed by atoms with Gasteiger partial charge in [-0.3, -0.25) is 57.5 Å². The molecule has 0 aliphatic carbocycles. The van der Waals surface area contributed by atoms with Crippen molar-refractivity contribution in [2.75, 3.05) is 13.2 Å². The Labute approximate surface area is 408 Å². The predicted octanol–water partition coefficient (Wildman–Crippen LogP) is -4.18. The van der Waals surface area contributed by atoms with E-state index in [0.29, 0.717) is 5.56 Å². The summed E-state index contributed by atoms with van der Waals surface area (Å²) in [5, 5.41) is 76.0. The molecule has 27 nitrogen and oxygen atoms in total. The molecule has 0 unspecified atom stereocenters. The molecular formula is C44H67N9O18. The van der Waals surface area contributed by atoms with Gasteiger partial charge in [-0.1, -0.05) is 58.0 Å². The standard InChI is InChI=1S/C44H67N9O18/c1-21(2)17-28(37(64)46-19-34(62)63)50-42(69)30(20-54)52-40(67)25(11-14-31(56)57)47-38(65)27(13-16-33(60)61)49-44(71)36(23(5)55)53-41(68)29(18-24-9-7-6-8-10-24)51-39(66)26(12-15-32(58)59)48-43(70)35(45)22(3)4/h6-10,21-23,25-30,35-36,54-55H,11-20,45H2,1-5H3,(H,46,64)(H,47,65)(H,48,70)(H,49,71)(H,50,69)(H,51,66)(H,52,67)(H,53,68)(H,56,57)(H,58,59)(H,60,61)(H,62,63)/t23-,25+,26+,27+,28+,29+,30+,35+,36+/m1/s1. The van der Waals surface area contributed by atoms with Gasteiger partial charge in [0.2, 0.25) is 47.3 Å². The first kappa shape index (κ1) is 61.8. The minimum absolute atomic E-state index is 0.0133. The molecule has 0 aliphatic heterocycles. The highest BCUT2D eigenvalue weighted by atomic mass is 16.4. The number of hydrogen-bond donors (Lipinski definition) is 15. The van der Waals surface area contributed by atoms with E-state index in [1.165, 1.54) is 0 Å². The smallest absolute Gasteiger partial charge is 0.322 e. The number of aliphatic hydroxyl groups is 2. The van der Waals surface area contributed by atoms with Crippen molar-refractivity contribution in [2.24, 2.45) is 17.6 Å². The van der Waals surface area contributed by atoms with Crippen molar-refractivity contribution in [2.45, 2.75) is 140 Å². The first-order valence-electron chi connectivity index (χ1n) is 22.5. The second-order valence-electron chi connectivity index (χ2n) is 17.3. The summed E-state index contributed by atoms with van der Waals surface area (Å²) in [4.78, 5) is 153. The summed E-state index contributed by atoms with van der Waals surface area (Å²) in [5.41, 5.74) is 6.40. The van der Waals surface area contributed by atoms with Gasteiger partial charge in [0, 0.05) is 25.7 Å². The molecule has 1 rings (SSSR count). The number of benzene rings is 1. The predicted molar refractivity (Wildman–Crippen MR) is 246 cm³/mol. The van der Waals surface area contributed by atoms with Crippen LogP contribution in [0.15, 0.2) is 30.3 Å². The van der Waals surface area contributed by atoms with Gasteiger partial charge in [-0.15, -0.1) is 0 Å². The largest absolute Gasteiger partial charge is 0.481 e. The summed E-state index contributed by atoms with van der Waals surface area (Å²) >= 11 is 0. The van der Waals surface area contributed by atoms with Crippen LogP contribution >= 0.6 is 0 Å². The van der Waals surface area contributed by atoms with Crippen molar-refractivity contribution < 1.29 is 88.2 Å². The van der Waals surface area contributed by atoms with Crippen molar-refractivity contribution in [1.82, 2.24) is 42.5 Å². The Morgan fingerprint density at radius 3 is 1.30 bits per heavy atom. The number of rotatable bonds is 33. The fourth-order valence-electron chi connectivity index (χ4n) is 6.43. The van der Waals surface area contributed by atoms with Crippen LogP contribution in [0.1, 0.15) is 85.1 Å². The van der Waals surface area contributed by atoms with Crippen LogP contribution in [-0.2, 0) is 64.0 Å². The topological polar surface area (TPSA) is 448 Å². The average molecular weight is 1010 g/mol. The second kappa shape index (κ2) is 31.1. The second-order valence-corrected chi connectivity index (χ2v) is 17.3. The number of carboxylic acid groups (broad SMARTS) is 4. The third-order valence-corrected chi connectivity index (χ3v) is 10.4. The minimum Gasteiger partial charge on any atom is -0.481 e. The maximum atomic E-state index is 14.0. The van der Waals surface area contributed by atoms with Gasteiger partial charge < -0.3 is 78.9 Å². The van der Waals surface area contributed by atoms with E-state index in [9.17, 15) is 83.1 Å². The maximum absolute atomic E-state index is 14.0. The lowest BCUT2D eigenvalue weighted by Gasteiger charge is -2.28. The summed E-state index contributed by atoms with van der Waals surface area (Å²) < 4.78 is 0. The lowest BCUT2D eigenvalue weighted by Crippen LogP contribution is -2.62. The van der Waals surface area contributed by atoms with Gasteiger partial charge in [-0.2, -0.15) is 0 Å². The molecule has 0 fully saturated rings. The molecule has 0 saturated heterocycles. The van der Waals surface area contributed by atoms with Crippen molar-refractivity contribution in [1.29, 1.82) is 0 Å². The van der Waals surface area contributed by atoms with Crippen molar-refractivity contribution in [3.63, 3.8) is 0 Å². The van der Waals surface area contributed by atoms with Gasteiger partial charge >= 0.3 is 23.9 Å². The Hall–Kier alpha value is -7.26. The molecule has 16 N–H and O–H groups in total. The van der Waals surface area contributed by atoms with Crippen LogP contribution in [-0.4, -0.2) is 169 Å². The molecule has 0 saturated carbocycles. The van der Waals surface area contributed by atoms with Crippen LogP contribution in [0.4, 0.5) is 0 Å². The lowest BCUT2D eigenvalue weighted by molar-refractivity contribution is -0.140. The molecule has 71 heavy (non-hydrogen) atoms. The minimum atomic E-state index is -1.95. The summed E-state index contributed by atoms with van der Waals surface area (Å²) in [7, 11) is 0. The molecule has 9 atom stereocenters. The fourth-order valence-corrected chi connectivity index (χ4v) is 6.43. The number of aliphatic carboxylic acids is 4. The number of hydrogen-bond acceptors (Lipinski definition) is 15. The van der Waals surface area contributed by atoms with Crippen molar-refractivity contribution in [3.05, 3.63) is 35.9 Å². The van der Waals surface area contributed by atoms with E-state index in [1.54, 1.807) is 58.0 Å². The Kier molecular flexibility index (Phi) is 27.0. The summed E-state index contributed by atoms with van der Waals surface area (Å²) in [6.07, 6.45) is -6.01. The Balaban J connectivity index is 3.49. The first-order valence-corrected chi connectivity index (χ1v) is 22.5. The lowest BCUT2D eigenvalue weighted by atomic mass is 10.0. The zero-order valence-corrected chi connectivity index (χ0v) is 40.0. The van der Waals surface area contributed by atoms with Gasteiger partial charge in [0.25, 0.3) is 0 Å². The normalized spacial score (nSPS) is 14.8. The summed E-state index contributed by atoms with van der Waals surface area (Å²) in [6.45, 7) is 5.81. The Bertz CT molecular complexity index is 2040. The number of carbonyl (C=O) groups excluding carboxylic acids is 8. The number of nitrogens with one attached hydrogen (secondary N) is 8. The van der Waals surface area contributed by atoms with E-state index < -0.39 is 177 Å². The van der Waals surface area contributed by atoms with E-state index >= 15 is 0 Å². The summed E-state index contributed by atoms with van der Waals surface area (Å²) in [5.74, 6) is -15.0. The molecule has 0 spiro atoms. The highest BCUT2D eigenvalue weighted by Crippen LogP contribution is 2.11. The molecule has 0 aliphatic rings. The third kappa shape index (κ3) is 23.7. The maximum Gasteiger partial charge on any atom is 0.322 e. The monoisotopic (exact) mass is 1010 g/mol. The molecule has 0 radical (unpaired) electrons. The zero-order chi connectivity index (χ0) is 54.1. The number of aliphatic hydroxyl groups excluding tert-OH is 2. The quantitative estimate of drug-likeness (QED) is 0.0318. The molecule has 396 valence electrons. The highest BCUT2D eigenvalue weighted by Gasteiger charge is 2.36. The summed E-state index contributed by atoms with van der Waals surface area (Å²) in [6, 6.07) is -5.00. The van der Waals surface area contributed by atoms with Gasteiger partial charge in [-0.05, 0) is 50.0 Å². The Morgan fingerprint density at radius 1 is 0.493 bits per heavy atom. The van der Waals surface area contributed by atoms with Gasteiger partial charge in [-0.25, -0.2) is 0 Å².